The van der Waals surface area contributed by atoms with Gasteiger partial charge < -0.3 is 9.38 Å². The van der Waals surface area contributed by atoms with Crippen molar-refractivity contribution in [3.8, 4) is 0 Å². The van der Waals surface area contributed by atoms with Crippen LogP contribution in [-0.4, -0.2) is 9.38 Å². The average Bonchev–Trinajstić information content (AvgIpc) is 2.46. The Bertz CT molecular complexity index is 565. The average molecular weight is 216 g/mol. The van der Waals surface area contributed by atoms with E-state index in [4.69, 9.17) is 0 Å². The summed E-state index contributed by atoms with van der Waals surface area (Å²) in [5.41, 5.74) is -0.839. The monoisotopic (exact) mass is 216 g/mol. The van der Waals surface area contributed by atoms with Gasteiger partial charge in [0.15, 0.2) is 0 Å². The van der Waals surface area contributed by atoms with Crippen LogP contribution in [0.3, 0.4) is 0 Å². The molecule has 6 heteroatoms. The van der Waals surface area contributed by atoms with Crippen LogP contribution >= 0.6 is 0 Å². The lowest BCUT2D eigenvalue weighted by Gasteiger charge is -2.00. The first kappa shape index (κ1) is 9.82. The largest absolute Gasteiger partial charge is 0.417 e. The van der Waals surface area contributed by atoms with Crippen LogP contribution in [0.25, 0.3) is 5.52 Å². The van der Waals surface area contributed by atoms with Crippen LogP contribution in [0.2, 0.25) is 0 Å². The number of H-pyrrole nitrogens is 1. The first-order chi connectivity index (χ1) is 6.88. The van der Waals surface area contributed by atoms with E-state index in [0.29, 0.717) is 5.69 Å². The van der Waals surface area contributed by atoms with Crippen LogP contribution in [-0.2, 0) is 6.18 Å². The summed E-state index contributed by atoms with van der Waals surface area (Å²) in [7, 11) is 0. The quantitative estimate of drug-likeness (QED) is 0.718. The predicted molar refractivity (Wildman–Crippen MR) is 47.8 cm³/mol. The highest BCUT2D eigenvalue weighted by atomic mass is 19.4. The third-order valence-corrected chi connectivity index (χ3v) is 2.05. The summed E-state index contributed by atoms with van der Waals surface area (Å²) in [6.07, 6.45) is -2.09. The number of halogens is 3. The van der Waals surface area contributed by atoms with E-state index in [1.807, 2.05) is 0 Å². The summed E-state index contributed by atoms with van der Waals surface area (Å²) in [4.78, 5) is 13.7. The molecule has 2 heterocycles. The van der Waals surface area contributed by atoms with Crippen molar-refractivity contribution in [3.63, 3.8) is 0 Å². The molecule has 2 rings (SSSR count). The minimum Gasteiger partial charge on any atom is -0.323 e. The molecule has 3 nitrogen and oxygen atoms in total. The van der Waals surface area contributed by atoms with E-state index in [2.05, 4.69) is 4.98 Å². The van der Waals surface area contributed by atoms with Crippen LogP contribution in [0, 0.1) is 6.92 Å². The smallest absolute Gasteiger partial charge is 0.323 e. The van der Waals surface area contributed by atoms with Crippen LogP contribution in [0.4, 0.5) is 13.2 Å². The number of rotatable bonds is 0. The Labute approximate surface area is 82.2 Å². The van der Waals surface area contributed by atoms with Crippen molar-refractivity contribution in [2.75, 3.05) is 0 Å². The van der Waals surface area contributed by atoms with Gasteiger partial charge in [0.2, 0.25) is 0 Å². The number of alkyl halides is 3. The van der Waals surface area contributed by atoms with Crippen molar-refractivity contribution in [2.24, 2.45) is 0 Å². The van der Waals surface area contributed by atoms with Gasteiger partial charge in [0.25, 0.3) is 5.56 Å². The van der Waals surface area contributed by atoms with Crippen molar-refractivity contribution < 1.29 is 13.2 Å². The Morgan fingerprint density at radius 1 is 1.33 bits per heavy atom. The van der Waals surface area contributed by atoms with E-state index in [-0.39, 0.29) is 5.52 Å². The second kappa shape index (κ2) is 2.88. The molecule has 1 N–H and O–H groups in total. The zero-order chi connectivity index (χ0) is 11.2. The van der Waals surface area contributed by atoms with Gasteiger partial charge in [-0.25, -0.2) is 0 Å². The number of fused-ring (bicyclic) bond motifs is 1. The SMILES string of the molecule is Cc1cn2cc(C(F)(F)F)cc2c(=O)[nH]1. The molecule has 0 saturated heterocycles. The summed E-state index contributed by atoms with van der Waals surface area (Å²) < 4.78 is 38.2. The van der Waals surface area contributed by atoms with Gasteiger partial charge in [0.05, 0.1) is 5.56 Å². The molecule has 0 aliphatic heterocycles. The fourth-order valence-electron chi connectivity index (χ4n) is 1.41. The topological polar surface area (TPSA) is 37.3 Å². The highest BCUT2D eigenvalue weighted by molar-refractivity contribution is 5.49. The van der Waals surface area contributed by atoms with Crippen molar-refractivity contribution in [2.45, 2.75) is 13.1 Å². The number of aromatic amines is 1. The molecule has 0 fully saturated rings. The minimum absolute atomic E-state index is 0.00655. The third-order valence-electron chi connectivity index (χ3n) is 2.05. The molecule has 0 aromatic carbocycles. The van der Waals surface area contributed by atoms with E-state index in [9.17, 15) is 18.0 Å². The molecule has 15 heavy (non-hydrogen) atoms. The summed E-state index contributed by atoms with van der Waals surface area (Å²) in [5, 5.41) is 0. The Hall–Kier alpha value is -1.72. The van der Waals surface area contributed by atoms with Crippen molar-refractivity contribution >= 4 is 5.52 Å². The summed E-state index contributed by atoms with van der Waals surface area (Å²) in [6.45, 7) is 1.61. The molecule has 0 saturated carbocycles. The summed E-state index contributed by atoms with van der Waals surface area (Å²) >= 11 is 0. The first-order valence-electron chi connectivity index (χ1n) is 4.17. The van der Waals surface area contributed by atoms with E-state index < -0.39 is 17.3 Å². The second-order valence-electron chi connectivity index (χ2n) is 3.29. The number of aromatic nitrogens is 2. The molecule has 80 valence electrons. The van der Waals surface area contributed by atoms with Gasteiger partial charge >= 0.3 is 6.18 Å². The van der Waals surface area contributed by atoms with Gasteiger partial charge in [-0.3, -0.25) is 4.79 Å². The highest BCUT2D eigenvalue weighted by Gasteiger charge is 2.32. The molecule has 2 aromatic heterocycles. The molecule has 0 atom stereocenters. The maximum atomic E-state index is 12.3. The first-order valence-corrected chi connectivity index (χ1v) is 4.17. The molecule has 0 radical (unpaired) electrons. The van der Waals surface area contributed by atoms with Crippen molar-refractivity contribution in [1.82, 2.24) is 9.38 Å². The van der Waals surface area contributed by atoms with E-state index >= 15 is 0 Å². The van der Waals surface area contributed by atoms with Crippen LogP contribution < -0.4 is 5.56 Å². The maximum Gasteiger partial charge on any atom is 0.417 e. The lowest BCUT2D eigenvalue weighted by Crippen LogP contribution is -2.09. The predicted octanol–water partition coefficient (Wildman–Crippen LogP) is 1.95. The Balaban J connectivity index is 2.77. The number of nitrogens with zero attached hydrogens (tertiary/aromatic N) is 1. The maximum absolute atomic E-state index is 12.3. The number of aryl methyl sites for hydroxylation is 1. The second-order valence-corrected chi connectivity index (χ2v) is 3.29. The molecular weight excluding hydrogens is 209 g/mol. The molecule has 0 unspecified atom stereocenters. The number of nitrogens with one attached hydrogen (secondary N) is 1. The van der Waals surface area contributed by atoms with Crippen LogP contribution in [0.15, 0.2) is 23.3 Å². The van der Waals surface area contributed by atoms with Gasteiger partial charge in [0.1, 0.15) is 5.52 Å². The Morgan fingerprint density at radius 2 is 2.00 bits per heavy atom. The van der Waals surface area contributed by atoms with Gasteiger partial charge in [0, 0.05) is 18.1 Å². The Morgan fingerprint density at radius 3 is 2.60 bits per heavy atom. The molecular formula is C9H7F3N2O. The summed E-state index contributed by atoms with van der Waals surface area (Å²) in [6, 6.07) is 0.832. The molecule has 0 spiro atoms. The van der Waals surface area contributed by atoms with Crippen LogP contribution in [0.1, 0.15) is 11.3 Å². The van der Waals surface area contributed by atoms with Crippen molar-refractivity contribution in [3.05, 3.63) is 40.1 Å². The molecule has 0 amide bonds. The number of hydrogen-bond donors (Lipinski definition) is 1. The normalized spacial score (nSPS) is 12.3. The Kier molecular flexibility index (Phi) is 1.89. The lowest BCUT2D eigenvalue weighted by molar-refractivity contribution is -0.137. The van der Waals surface area contributed by atoms with Gasteiger partial charge in [-0.2, -0.15) is 13.2 Å². The molecule has 2 aromatic rings. The van der Waals surface area contributed by atoms with Gasteiger partial charge in [-0.1, -0.05) is 0 Å². The molecule has 0 aliphatic rings. The van der Waals surface area contributed by atoms with Gasteiger partial charge in [-0.05, 0) is 13.0 Å². The highest BCUT2D eigenvalue weighted by Crippen LogP contribution is 2.30. The van der Waals surface area contributed by atoms with Crippen LogP contribution in [0.5, 0.6) is 0 Å². The fourth-order valence-corrected chi connectivity index (χ4v) is 1.41. The van der Waals surface area contributed by atoms with E-state index in [1.165, 1.54) is 10.6 Å². The van der Waals surface area contributed by atoms with Crippen molar-refractivity contribution in [1.29, 1.82) is 0 Å². The lowest BCUT2D eigenvalue weighted by atomic mass is 10.3. The minimum atomic E-state index is -4.42. The molecule has 0 bridgehead atoms. The molecule has 0 aliphatic carbocycles. The third kappa shape index (κ3) is 1.62. The number of hydrogen-bond acceptors (Lipinski definition) is 1. The zero-order valence-electron chi connectivity index (χ0n) is 7.72. The zero-order valence-corrected chi connectivity index (χ0v) is 7.72. The van der Waals surface area contributed by atoms with Gasteiger partial charge in [-0.15, -0.1) is 0 Å². The fraction of sp³-hybridized carbons (Fsp3) is 0.222. The summed E-state index contributed by atoms with van der Waals surface area (Å²) in [5.74, 6) is 0. The van der Waals surface area contributed by atoms with E-state index in [0.717, 1.165) is 12.3 Å². The standard InChI is InChI=1S/C9H7F3N2O/c1-5-3-14-4-6(9(10,11)12)2-7(14)8(15)13-5/h2-4H,1H3,(H,13,15). The van der Waals surface area contributed by atoms with E-state index in [1.54, 1.807) is 6.92 Å².